The van der Waals surface area contributed by atoms with E-state index in [1.165, 1.54) is 26.8 Å². The fourth-order valence-corrected chi connectivity index (χ4v) is 5.63. The van der Waals surface area contributed by atoms with Crippen LogP contribution < -0.4 is 33.5 Å². The van der Waals surface area contributed by atoms with Crippen molar-refractivity contribution in [3.8, 4) is 0 Å². The smallest absolute Gasteiger partial charge is 0.330 e. The van der Waals surface area contributed by atoms with Crippen LogP contribution in [0.2, 0.25) is 5.15 Å². The van der Waals surface area contributed by atoms with Gasteiger partial charge in [0.15, 0.2) is 0 Å². The second-order valence-electron chi connectivity index (χ2n) is 11.5. The normalized spacial score (nSPS) is 16.2. The van der Waals surface area contributed by atoms with E-state index >= 15 is 0 Å². The van der Waals surface area contributed by atoms with E-state index in [1.807, 2.05) is 74.5 Å². The first kappa shape index (κ1) is 38.2. The van der Waals surface area contributed by atoms with Crippen LogP contribution >= 0.6 is 11.6 Å². The average molecular weight is 683 g/mol. The molecule has 12 nitrogen and oxygen atoms in total. The summed E-state index contributed by atoms with van der Waals surface area (Å²) in [7, 11) is 0. The monoisotopic (exact) mass is 682 g/mol. The maximum atomic E-state index is 12.3. The summed E-state index contributed by atoms with van der Waals surface area (Å²) in [6.07, 6.45) is 2.75. The van der Waals surface area contributed by atoms with E-state index < -0.39 is 5.69 Å². The van der Waals surface area contributed by atoms with Crippen LogP contribution in [0.25, 0.3) is 0 Å². The number of nitrogens with zero attached hydrogens (tertiary/aromatic N) is 2. The van der Waals surface area contributed by atoms with Crippen molar-refractivity contribution in [2.45, 2.75) is 71.1 Å². The summed E-state index contributed by atoms with van der Waals surface area (Å²) in [5, 5.41) is 3.25. The van der Waals surface area contributed by atoms with Crippen molar-refractivity contribution < 1.29 is 9.47 Å². The van der Waals surface area contributed by atoms with Crippen molar-refractivity contribution >= 4 is 17.4 Å². The molecule has 0 aliphatic carbocycles. The Morgan fingerprint density at radius 1 is 0.729 bits per heavy atom. The molecule has 2 aromatic carbocycles. The summed E-state index contributed by atoms with van der Waals surface area (Å²) in [6, 6.07) is 22.6. The molecule has 2 atom stereocenters. The predicted octanol–water partition coefficient (Wildman–Crippen LogP) is 4.95. The molecule has 5 N–H and O–H groups in total. The van der Waals surface area contributed by atoms with E-state index in [0.29, 0.717) is 57.9 Å². The fourth-order valence-electron chi connectivity index (χ4n) is 5.45. The van der Waals surface area contributed by atoms with Crippen molar-refractivity contribution in [3.63, 3.8) is 0 Å². The number of H-pyrrole nitrogens is 2. The number of benzene rings is 2. The van der Waals surface area contributed by atoms with Gasteiger partial charge in [0.2, 0.25) is 0 Å². The molecule has 2 aromatic heterocycles. The van der Waals surface area contributed by atoms with Gasteiger partial charge in [-0.2, -0.15) is 0 Å². The van der Waals surface area contributed by atoms with Crippen molar-refractivity contribution in [3.05, 3.63) is 131 Å². The summed E-state index contributed by atoms with van der Waals surface area (Å²) in [5.41, 5.74) is 6.45. The van der Waals surface area contributed by atoms with Gasteiger partial charge in [0.25, 0.3) is 11.1 Å². The van der Waals surface area contributed by atoms with Gasteiger partial charge in [0.05, 0.1) is 0 Å². The van der Waals surface area contributed by atoms with Gasteiger partial charge in [-0.05, 0) is 50.7 Å². The molecule has 2 saturated heterocycles. The topological polar surface area (TPSA) is 166 Å². The number of aromatic amines is 2. The van der Waals surface area contributed by atoms with Crippen LogP contribution in [0.15, 0.2) is 92.0 Å². The average Bonchev–Trinajstić information content (AvgIpc) is 3.06. The highest BCUT2D eigenvalue weighted by Crippen LogP contribution is 2.19. The zero-order chi connectivity index (χ0) is 33.8. The lowest BCUT2D eigenvalue weighted by atomic mass is 10.1. The minimum Gasteiger partial charge on any atom is -0.381 e. The quantitative estimate of drug-likeness (QED) is 0.208. The van der Waals surface area contributed by atoms with Gasteiger partial charge < -0.3 is 20.5 Å². The maximum absolute atomic E-state index is 12.3. The Morgan fingerprint density at radius 2 is 1.17 bits per heavy atom. The van der Waals surface area contributed by atoms with Crippen LogP contribution in [-0.2, 0) is 9.47 Å². The Bertz CT molecular complexity index is 1710. The van der Waals surface area contributed by atoms with E-state index in [9.17, 15) is 19.2 Å². The molecule has 6 rings (SSSR count). The molecule has 0 spiro atoms. The molecule has 13 heteroatoms. The van der Waals surface area contributed by atoms with Crippen LogP contribution in [0.5, 0.6) is 0 Å². The van der Waals surface area contributed by atoms with Crippen LogP contribution in [0.4, 0.5) is 5.82 Å². The number of hydrogen-bond donors (Lipinski definition) is 4. The molecule has 0 unspecified atom stereocenters. The molecule has 0 radical (unpaired) electrons. The second kappa shape index (κ2) is 18.9. The zero-order valence-corrected chi connectivity index (χ0v) is 27.4. The summed E-state index contributed by atoms with van der Waals surface area (Å²) >= 11 is 5.57. The third-order valence-electron chi connectivity index (χ3n) is 8.01. The first-order valence-corrected chi connectivity index (χ1v) is 16.2. The highest BCUT2D eigenvalue weighted by molar-refractivity contribution is 6.29. The van der Waals surface area contributed by atoms with Crippen molar-refractivity contribution in [2.24, 2.45) is 5.73 Å². The van der Waals surface area contributed by atoms with Gasteiger partial charge in [-0.3, -0.25) is 28.7 Å². The zero-order valence-electron chi connectivity index (χ0n) is 26.7. The van der Waals surface area contributed by atoms with Crippen molar-refractivity contribution in [2.75, 3.05) is 31.7 Å². The summed E-state index contributed by atoms with van der Waals surface area (Å²) in [4.78, 5) is 52.9. The number of hydrogen-bond acceptors (Lipinski definition) is 8. The first-order valence-electron chi connectivity index (χ1n) is 15.8. The van der Waals surface area contributed by atoms with Gasteiger partial charge in [-0.15, -0.1) is 0 Å². The Hall–Kier alpha value is -4.23. The van der Waals surface area contributed by atoms with Crippen LogP contribution in [-0.4, -0.2) is 45.5 Å². The Kier molecular flexibility index (Phi) is 15.1. The lowest BCUT2D eigenvalue weighted by molar-refractivity contribution is 0.0673. The number of nitrogens with one attached hydrogen (secondary N) is 3. The van der Waals surface area contributed by atoms with Crippen LogP contribution in [0.1, 0.15) is 82.3 Å². The number of anilines is 1. The molecule has 48 heavy (non-hydrogen) atoms. The van der Waals surface area contributed by atoms with Gasteiger partial charge in [-0.25, -0.2) is 9.59 Å². The molecule has 2 aliphatic heterocycles. The standard InChI is InChI=1S/C17H21N3O3.C9H11ClN2O3.C8H11N.CH4/c1-12(13-5-3-2-4-6-13)18-15-11-16(21)20(17(22)19-15)14-7-9-23-10-8-14;10-7-5-8(13)12(9(14)11-7)6-1-3-15-4-2-6;1-7(9)8-5-3-2-4-6-8;/h2-6,11-12,14,18H,7-10H2,1H3,(H,19,22);5-6H,1-4H2,(H,11,14);2-7H,9H2,1H3;1H4/t12-;;7-;/m0.0./s1. The summed E-state index contributed by atoms with van der Waals surface area (Å²) in [6.45, 7) is 6.30. The molecule has 2 fully saturated rings. The number of halogens is 1. The number of aromatic nitrogens is 4. The minimum atomic E-state index is -0.445. The molecule has 4 aromatic rings. The Balaban J connectivity index is 0.000000214. The minimum absolute atomic E-state index is 0. The third kappa shape index (κ3) is 10.9. The molecular formula is C35H47ClN6O6. The highest BCUT2D eigenvalue weighted by atomic mass is 35.5. The van der Waals surface area contributed by atoms with Crippen LogP contribution in [0.3, 0.4) is 0 Å². The summed E-state index contributed by atoms with van der Waals surface area (Å²) in [5.74, 6) is 0.444. The van der Waals surface area contributed by atoms with Crippen molar-refractivity contribution in [1.29, 1.82) is 0 Å². The number of ether oxygens (including phenoxy) is 2. The van der Waals surface area contributed by atoms with Crippen LogP contribution in [0, 0.1) is 0 Å². The molecule has 260 valence electrons. The highest BCUT2D eigenvalue weighted by Gasteiger charge is 2.20. The lowest BCUT2D eigenvalue weighted by Crippen LogP contribution is -2.40. The Labute approximate surface area is 284 Å². The molecular weight excluding hydrogens is 636 g/mol. The number of rotatable bonds is 6. The number of nitrogens with two attached hydrogens (primary N) is 1. The van der Waals surface area contributed by atoms with E-state index in [4.69, 9.17) is 26.8 Å². The Morgan fingerprint density at radius 3 is 1.58 bits per heavy atom. The molecule has 4 heterocycles. The summed E-state index contributed by atoms with van der Waals surface area (Å²) < 4.78 is 13.0. The largest absolute Gasteiger partial charge is 0.381 e. The van der Waals surface area contributed by atoms with Gasteiger partial charge in [-0.1, -0.05) is 79.7 Å². The van der Waals surface area contributed by atoms with E-state index in [-0.39, 0.29) is 53.6 Å². The van der Waals surface area contributed by atoms with Gasteiger partial charge in [0, 0.05) is 62.7 Å². The van der Waals surface area contributed by atoms with Gasteiger partial charge in [0.1, 0.15) is 11.0 Å². The van der Waals surface area contributed by atoms with E-state index in [1.54, 1.807) is 0 Å². The third-order valence-corrected chi connectivity index (χ3v) is 8.21. The fraction of sp³-hybridized carbons (Fsp3) is 0.429. The van der Waals surface area contributed by atoms with E-state index in [2.05, 4.69) is 15.3 Å². The lowest BCUT2D eigenvalue weighted by Gasteiger charge is -2.23. The molecule has 0 bridgehead atoms. The first-order chi connectivity index (χ1) is 22.6. The molecule has 2 aliphatic rings. The predicted molar refractivity (Wildman–Crippen MR) is 190 cm³/mol. The molecule has 0 amide bonds. The van der Waals surface area contributed by atoms with Crippen molar-refractivity contribution in [1.82, 2.24) is 19.1 Å². The maximum Gasteiger partial charge on any atom is 0.330 e. The second-order valence-corrected chi connectivity index (χ2v) is 11.9. The van der Waals surface area contributed by atoms with E-state index in [0.717, 1.165) is 5.56 Å². The van der Waals surface area contributed by atoms with Gasteiger partial charge >= 0.3 is 11.4 Å². The molecule has 0 saturated carbocycles. The SMILES string of the molecule is C.C[C@H](N)c1ccccc1.C[C@H](Nc1cc(=O)n(C2CCOCC2)c(=O)[nH]1)c1ccccc1.O=c1cc(Cl)[nH]c(=O)n1C1CCOCC1.